The molecule has 35 heavy (non-hydrogen) atoms. The van der Waals surface area contributed by atoms with Gasteiger partial charge < -0.3 is 15.8 Å². The van der Waals surface area contributed by atoms with Crippen LogP contribution >= 0.6 is 0 Å². The molecule has 0 radical (unpaired) electrons. The number of nitrogens with two attached hydrogens (primary N) is 1. The van der Waals surface area contributed by atoms with Gasteiger partial charge >= 0.3 is 0 Å². The van der Waals surface area contributed by atoms with E-state index in [-0.39, 0.29) is 10.5 Å². The molecule has 9 nitrogen and oxygen atoms in total. The fourth-order valence-corrected chi connectivity index (χ4v) is 3.80. The van der Waals surface area contributed by atoms with E-state index in [1.54, 1.807) is 6.20 Å². The minimum Gasteiger partial charge on any atom is -0.496 e. The molecule has 1 aromatic heterocycles. The number of hydrogen-bond donors (Lipinski definition) is 3. The number of rotatable bonds is 5. The summed E-state index contributed by atoms with van der Waals surface area (Å²) >= 11 is 0. The van der Waals surface area contributed by atoms with Crippen molar-refractivity contribution in [3.8, 4) is 5.75 Å². The van der Waals surface area contributed by atoms with E-state index >= 15 is 0 Å². The Morgan fingerprint density at radius 2 is 1.80 bits per heavy atom. The number of nitrogens with zero attached hydrogens (tertiary/aromatic N) is 2. The van der Waals surface area contributed by atoms with E-state index in [0.29, 0.717) is 12.0 Å². The minimum absolute atomic E-state index is 0.0275. The van der Waals surface area contributed by atoms with Crippen LogP contribution in [0, 0.1) is 0 Å². The summed E-state index contributed by atoms with van der Waals surface area (Å²) in [6.45, 7) is 6.50. The van der Waals surface area contributed by atoms with Crippen LogP contribution in [0.5, 0.6) is 5.75 Å². The number of carbonyl (C=O) groups excluding carboxylic acids is 1. The lowest BCUT2D eigenvalue weighted by atomic mass is 10.2. The average molecular weight is 502 g/mol. The smallest absolute Gasteiger partial charge is 0.262 e. The Hall–Kier alpha value is -3.50. The van der Waals surface area contributed by atoms with E-state index in [1.165, 1.54) is 58.3 Å². The molecule has 0 saturated carbocycles. The SMILES string of the molecule is C1CCNC1.CC.CN=CNS(=O)(=O)c1ccc(OC)c(C=O)c1.Nc1ccc2cnccc2c1. The van der Waals surface area contributed by atoms with Crippen LogP contribution in [0.2, 0.25) is 0 Å². The van der Waals surface area contributed by atoms with Crippen molar-refractivity contribution < 1.29 is 17.9 Å². The van der Waals surface area contributed by atoms with E-state index in [4.69, 9.17) is 10.5 Å². The number of ether oxygens (including phenoxy) is 1. The normalized spacial score (nSPS) is 12.3. The third-order valence-corrected chi connectivity index (χ3v) is 5.89. The van der Waals surface area contributed by atoms with Crippen LogP contribution < -0.4 is 20.5 Å². The van der Waals surface area contributed by atoms with E-state index < -0.39 is 10.0 Å². The first-order valence-electron chi connectivity index (χ1n) is 11.3. The first kappa shape index (κ1) is 29.5. The molecule has 190 valence electrons. The number of aldehydes is 1. The maximum absolute atomic E-state index is 11.7. The fraction of sp³-hybridized carbons (Fsp3) is 0.320. The zero-order valence-corrected chi connectivity index (χ0v) is 21.5. The third-order valence-electron chi connectivity index (χ3n) is 4.60. The molecule has 2 heterocycles. The topological polar surface area (TPSA) is 136 Å². The van der Waals surface area contributed by atoms with Crippen LogP contribution in [0.4, 0.5) is 5.69 Å². The van der Waals surface area contributed by atoms with Crippen molar-refractivity contribution in [1.29, 1.82) is 0 Å². The Morgan fingerprint density at radius 3 is 2.37 bits per heavy atom. The Balaban J connectivity index is 0.000000287. The van der Waals surface area contributed by atoms with Gasteiger partial charge in [0.05, 0.1) is 23.9 Å². The first-order valence-corrected chi connectivity index (χ1v) is 12.8. The highest BCUT2D eigenvalue weighted by Crippen LogP contribution is 2.20. The molecule has 0 bridgehead atoms. The highest BCUT2D eigenvalue weighted by molar-refractivity contribution is 7.90. The summed E-state index contributed by atoms with van der Waals surface area (Å²) < 4.78 is 30.4. The van der Waals surface area contributed by atoms with Gasteiger partial charge in [0.1, 0.15) is 5.75 Å². The van der Waals surface area contributed by atoms with Crippen LogP contribution in [-0.4, -0.2) is 53.3 Å². The number of hydrogen-bond acceptors (Lipinski definition) is 8. The number of pyridine rings is 1. The van der Waals surface area contributed by atoms with Crippen LogP contribution in [-0.2, 0) is 10.0 Å². The number of benzene rings is 2. The largest absolute Gasteiger partial charge is 0.496 e. The van der Waals surface area contributed by atoms with Gasteiger partial charge in [0.15, 0.2) is 6.29 Å². The molecule has 0 spiro atoms. The number of nitrogen functional groups attached to an aromatic ring is 1. The minimum atomic E-state index is -3.69. The zero-order chi connectivity index (χ0) is 26.1. The molecule has 3 aromatic rings. The number of fused-ring (bicyclic) bond motifs is 1. The number of aliphatic imine (C=N–C) groups is 1. The molecule has 0 amide bonds. The van der Waals surface area contributed by atoms with Gasteiger partial charge in [0, 0.05) is 30.5 Å². The summed E-state index contributed by atoms with van der Waals surface area (Å²) in [4.78, 5) is 18.2. The second kappa shape index (κ2) is 16.2. The lowest BCUT2D eigenvalue weighted by Gasteiger charge is -2.07. The maximum Gasteiger partial charge on any atom is 0.262 e. The number of sulfonamides is 1. The summed E-state index contributed by atoms with van der Waals surface area (Å²) in [7, 11) is -0.855. The second-order valence-corrected chi connectivity index (χ2v) is 8.68. The Labute approximate surface area is 207 Å². The maximum atomic E-state index is 11.7. The molecule has 2 aromatic carbocycles. The molecule has 4 rings (SSSR count). The van der Waals surface area contributed by atoms with Gasteiger partial charge in [-0.25, -0.2) is 8.42 Å². The van der Waals surface area contributed by atoms with Gasteiger partial charge in [-0.2, -0.15) is 0 Å². The van der Waals surface area contributed by atoms with Gasteiger partial charge in [-0.3, -0.25) is 19.5 Å². The van der Waals surface area contributed by atoms with Crippen molar-refractivity contribution in [3.63, 3.8) is 0 Å². The van der Waals surface area contributed by atoms with E-state index in [9.17, 15) is 13.2 Å². The van der Waals surface area contributed by atoms with E-state index in [2.05, 4.69) is 20.0 Å². The highest BCUT2D eigenvalue weighted by atomic mass is 32.2. The summed E-state index contributed by atoms with van der Waals surface area (Å²) in [6, 6.07) is 11.7. The first-order chi connectivity index (χ1) is 16.9. The second-order valence-electron chi connectivity index (χ2n) is 6.97. The quantitative estimate of drug-likeness (QED) is 0.210. The van der Waals surface area contributed by atoms with Gasteiger partial charge in [0.25, 0.3) is 10.0 Å². The number of carbonyl (C=O) groups is 1. The van der Waals surface area contributed by atoms with E-state index in [0.717, 1.165) is 22.8 Å². The van der Waals surface area contributed by atoms with Crippen molar-refractivity contribution in [2.45, 2.75) is 31.6 Å². The van der Waals surface area contributed by atoms with Crippen molar-refractivity contribution in [2.24, 2.45) is 4.99 Å². The van der Waals surface area contributed by atoms with Gasteiger partial charge in [0.2, 0.25) is 0 Å². The molecule has 1 aliphatic heterocycles. The van der Waals surface area contributed by atoms with Crippen LogP contribution in [0.15, 0.2) is 64.7 Å². The Bertz CT molecular complexity index is 1170. The Kier molecular flexibility index (Phi) is 13.7. The summed E-state index contributed by atoms with van der Waals surface area (Å²) in [5, 5.41) is 5.49. The molecule has 1 fully saturated rings. The van der Waals surface area contributed by atoms with Gasteiger partial charge in [-0.05, 0) is 67.7 Å². The standard InChI is InChI=1S/C10H12N2O4S.C9H8N2.C4H9N.C2H6/c1-11-7-12-17(14,15)9-3-4-10(16-2)8(5-9)6-13;10-9-2-1-8-6-11-4-3-7(8)5-9;1-2-4-5-3-1;1-2/h3-7H,1-2H3,(H,11,12);1-6H,10H2;5H,1-4H2;1-2H3. The van der Waals surface area contributed by atoms with Gasteiger partial charge in [-0.1, -0.05) is 19.9 Å². The van der Waals surface area contributed by atoms with Crippen LogP contribution in [0.25, 0.3) is 10.8 Å². The average Bonchev–Trinajstić information content (AvgIpc) is 3.49. The fourth-order valence-electron chi connectivity index (χ4n) is 2.89. The predicted molar refractivity (Wildman–Crippen MR) is 143 cm³/mol. The lowest BCUT2D eigenvalue weighted by Crippen LogP contribution is -2.22. The molecule has 1 saturated heterocycles. The highest BCUT2D eigenvalue weighted by Gasteiger charge is 2.14. The van der Waals surface area contributed by atoms with Crippen molar-refractivity contribution in [3.05, 3.63) is 60.4 Å². The molecule has 4 N–H and O–H groups in total. The van der Waals surface area contributed by atoms with Crippen LogP contribution in [0.1, 0.15) is 37.0 Å². The lowest BCUT2D eigenvalue weighted by molar-refractivity contribution is 0.112. The van der Waals surface area contributed by atoms with Crippen molar-refractivity contribution in [1.82, 2.24) is 15.0 Å². The summed E-state index contributed by atoms with van der Waals surface area (Å²) in [5.74, 6) is 0.322. The van der Waals surface area contributed by atoms with E-state index in [1.807, 2.05) is 44.3 Å². The number of anilines is 1. The third kappa shape index (κ3) is 10.1. The van der Waals surface area contributed by atoms with Crippen molar-refractivity contribution >= 4 is 39.1 Å². The molecule has 0 unspecified atom stereocenters. The molecular weight excluding hydrogens is 466 g/mol. The predicted octanol–water partition coefficient (Wildman–Crippen LogP) is 3.66. The number of methoxy groups -OCH3 is 1. The summed E-state index contributed by atoms with van der Waals surface area (Å²) in [5.41, 5.74) is 6.57. The molecular formula is C25H35N5O4S. The van der Waals surface area contributed by atoms with Crippen molar-refractivity contribution in [2.75, 3.05) is 33.0 Å². The monoisotopic (exact) mass is 501 g/mol. The molecule has 1 aliphatic rings. The summed E-state index contributed by atoms with van der Waals surface area (Å²) in [6.07, 6.45) is 7.96. The number of aromatic nitrogens is 1. The molecule has 0 atom stereocenters. The number of nitrogens with one attached hydrogen (secondary N) is 2. The molecule has 10 heteroatoms. The zero-order valence-electron chi connectivity index (χ0n) is 20.7. The van der Waals surface area contributed by atoms with Crippen LogP contribution in [0.3, 0.4) is 0 Å². The Morgan fingerprint density at radius 1 is 1.09 bits per heavy atom. The molecule has 0 aliphatic carbocycles. The van der Waals surface area contributed by atoms with Gasteiger partial charge in [-0.15, -0.1) is 0 Å².